The summed E-state index contributed by atoms with van der Waals surface area (Å²) in [5.74, 6) is -0.590. The third-order valence-corrected chi connectivity index (χ3v) is 3.88. The third-order valence-electron chi connectivity index (χ3n) is 3.88. The van der Waals surface area contributed by atoms with E-state index >= 15 is 0 Å². The van der Waals surface area contributed by atoms with Gasteiger partial charge in [-0.2, -0.15) is 0 Å². The van der Waals surface area contributed by atoms with E-state index in [-0.39, 0.29) is 23.5 Å². The highest BCUT2D eigenvalue weighted by Crippen LogP contribution is 2.23. The van der Waals surface area contributed by atoms with Crippen LogP contribution in [0.4, 0.5) is 0 Å². The molecule has 0 bridgehead atoms. The summed E-state index contributed by atoms with van der Waals surface area (Å²) in [6, 6.07) is 16.9. The molecule has 0 saturated carbocycles. The molecule has 0 aliphatic carbocycles. The number of carboxylic acid groups (broad SMARTS) is 2. The molecule has 0 atom stereocenters. The molecule has 3 rings (SSSR count). The van der Waals surface area contributed by atoms with Crippen LogP contribution in [0.1, 0.15) is 32.0 Å². The minimum Gasteiger partial charge on any atom is -1.00 e. The lowest BCUT2D eigenvalue weighted by Gasteiger charge is -2.04. The summed E-state index contributed by atoms with van der Waals surface area (Å²) in [7, 11) is 0. The number of carboxylic acids is 2. The molecule has 2 aromatic carbocycles. The molecular weight excluding hydrogens is 370 g/mol. The van der Waals surface area contributed by atoms with Gasteiger partial charge >= 0.3 is 11.9 Å². The predicted octanol–water partition coefficient (Wildman–Crippen LogP) is 0.637. The lowest BCUT2D eigenvalue weighted by Crippen LogP contribution is -3.00. The first-order valence-electron chi connectivity index (χ1n) is 7.98. The van der Waals surface area contributed by atoms with Crippen LogP contribution in [0.3, 0.4) is 0 Å². The quantitative estimate of drug-likeness (QED) is 0.551. The number of rotatable bonds is 7. The molecule has 27 heavy (non-hydrogen) atoms. The van der Waals surface area contributed by atoms with Crippen LogP contribution in [-0.2, 0) is 13.1 Å². The summed E-state index contributed by atoms with van der Waals surface area (Å²) in [5, 5.41) is 21.2. The maximum atomic E-state index is 11.1. The van der Waals surface area contributed by atoms with Crippen molar-refractivity contribution in [3.05, 3.63) is 83.1 Å². The zero-order valence-electron chi connectivity index (χ0n) is 14.2. The summed E-state index contributed by atoms with van der Waals surface area (Å²) < 4.78 is 5.76. The van der Waals surface area contributed by atoms with E-state index in [0.29, 0.717) is 24.4 Å². The van der Waals surface area contributed by atoms with Crippen molar-refractivity contribution in [2.45, 2.75) is 13.1 Å². The van der Waals surface area contributed by atoms with E-state index in [1.165, 1.54) is 6.07 Å². The van der Waals surface area contributed by atoms with Gasteiger partial charge in [0.15, 0.2) is 0 Å². The van der Waals surface area contributed by atoms with E-state index in [1.54, 1.807) is 48.5 Å². The van der Waals surface area contributed by atoms with Gasteiger partial charge in [0.05, 0.1) is 17.7 Å². The Bertz CT molecular complexity index is 934. The summed E-state index contributed by atoms with van der Waals surface area (Å²) in [5.41, 5.74) is 2.15. The highest BCUT2D eigenvalue weighted by Gasteiger charge is 2.08. The Morgan fingerprint density at radius 1 is 0.852 bits per heavy atom. The molecule has 6 nitrogen and oxygen atoms in total. The monoisotopic (exact) mass is 386 g/mol. The molecule has 0 amide bonds. The van der Waals surface area contributed by atoms with Crippen molar-refractivity contribution < 1.29 is 36.6 Å². The molecule has 7 heteroatoms. The van der Waals surface area contributed by atoms with Crippen LogP contribution in [0, 0.1) is 0 Å². The molecule has 0 unspecified atom stereocenters. The molecule has 0 aliphatic rings. The van der Waals surface area contributed by atoms with Gasteiger partial charge in [-0.15, -0.1) is 0 Å². The maximum absolute atomic E-state index is 11.1. The van der Waals surface area contributed by atoms with E-state index < -0.39 is 11.9 Å². The number of benzene rings is 2. The van der Waals surface area contributed by atoms with Crippen LogP contribution >= 0.6 is 0 Å². The second kappa shape index (κ2) is 9.02. The van der Waals surface area contributed by atoms with Gasteiger partial charge in [-0.1, -0.05) is 24.3 Å². The summed E-state index contributed by atoms with van der Waals surface area (Å²) in [6.45, 7) is 1.07. The SMILES string of the molecule is O=C(O)c1ccc(CNCc2ccc(-c3cccc(C(=O)O)c3)o2)cc1.[Cl-]. The summed E-state index contributed by atoms with van der Waals surface area (Å²) in [4.78, 5) is 21.9. The summed E-state index contributed by atoms with van der Waals surface area (Å²) in [6.07, 6.45) is 0. The van der Waals surface area contributed by atoms with E-state index in [0.717, 1.165) is 11.3 Å². The molecule has 140 valence electrons. The van der Waals surface area contributed by atoms with E-state index in [9.17, 15) is 9.59 Å². The van der Waals surface area contributed by atoms with Gasteiger partial charge in [0.2, 0.25) is 0 Å². The molecule has 0 saturated heterocycles. The molecule has 0 radical (unpaired) electrons. The molecule has 0 fully saturated rings. The fourth-order valence-corrected chi connectivity index (χ4v) is 2.53. The molecule has 0 spiro atoms. The predicted molar refractivity (Wildman–Crippen MR) is 95.0 cm³/mol. The number of halogens is 1. The van der Waals surface area contributed by atoms with Crippen LogP contribution in [0.2, 0.25) is 0 Å². The molecule has 0 aliphatic heterocycles. The lowest BCUT2D eigenvalue weighted by atomic mass is 10.1. The second-order valence-corrected chi connectivity index (χ2v) is 5.76. The minimum absolute atomic E-state index is 0. The second-order valence-electron chi connectivity index (χ2n) is 5.76. The van der Waals surface area contributed by atoms with Gasteiger partial charge in [-0.3, -0.25) is 0 Å². The van der Waals surface area contributed by atoms with Crippen molar-refractivity contribution in [3.8, 4) is 11.3 Å². The van der Waals surface area contributed by atoms with Crippen LogP contribution in [0.25, 0.3) is 11.3 Å². The molecule has 1 heterocycles. The Labute approximate surface area is 161 Å². The zero-order valence-corrected chi connectivity index (χ0v) is 14.9. The Hall–Kier alpha value is -3.09. The van der Waals surface area contributed by atoms with Gasteiger partial charge < -0.3 is 32.4 Å². The number of hydrogen-bond acceptors (Lipinski definition) is 4. The third kappa shape index (κ3) is 5.20. The number of nitrogens with one attached hydrogen (secondary N) is 1. The van der Waals surface area contributed by atoms with Gasteiger partial charge in [0, 0.05) is 12.1 Å². The van der Waals surface area contributed by atoms with Gasteiger partial charge in [0.1, 0.15) is 11.5 Å². The Morgan fingerprint density at radius 2 is 1.56 bits per heavy atom. The maximum Gasteiger partial charge on any atom is 0.335 e. The highest BCUT2D eigenvalue weighted by atomic mass is 35.5. The summed E-state index contributed by atoms with van der Waals surface area (Å²) >= 11 is 0. The normalized spacial score (nSPS) is 10.2. The number of carbonyl (C=O) groups is 2. The molecule has 3 aromatic rings. The molecule has 3 N–H and O–H groups in total. The van der Waals surface area contributed by atoms with Crippen molar-refractivity contribution in [1.29, 1.82) is 0 Å². The average molecular weight is 387 g/mol. The van der Waals surface area contributed by atoms with Crippen molar-refractivity contribution in [1.82, 2.24) is 5.32 Å². The van der Waals surface area contributed by atoms with E-state index in [4.69, 9.17) is 14.6 Å². The van der Waals surface area contributed by atoms with Crippen molar-refractivity contribution in [3.63, 3.8) is 0 Å². The van der Waals surface area contributed by atoms with Crippen molar-refractivity contribution in [2.75, 3.05) is 0 Å². The van der Waals surface area contributed by atoms with Gasteiger partial charge in [-0.25, -0.2) is 9.59 Å². The fraction of sp³-hybridized carbons (Fsp3) is 0.100. The zero-order chi connectivity index (χ0) is 18.5. The van der Waals surface area contributed by atoms with E-state index in [2.05, 4.69) is 5.32 Å². The Kier molecular flexibility index (Phi) is 6.76. The first-order valence-corrected chi connectivity index (χ1v) is 7.98. The number of furan rings is 1. The van der Waals surface area contributed by atoms with Crippen molar-refractivity contribution in [2.24, 2.45) is 0 Å². The molecule has 1 aromatic heterocycles. The minimum atomic E-state index is -0.978. The van der Waals surface area contributed by atoms with Crippen LogP contribution in [-0.4, -0.2) is 22.2 Å². The number of hydrogen-bond donors (Lipinski definition) is 3. The highest BCUT2D eigenvalue weighted by molar-refractivity contribution is 5.89. The van der Waals surface area contributed by atoms with Crippen LogP contribution in [0.15, 0.2) is 65.1 Å². The van der Waals surface area contributed by atoms with Crippen LogP contribution < -0.4 is 17.7 Å². The lowest BCUT2D eigenvalue weighted by molar-refractivity contribution is -0.0000362. The van der Waals surface area contributed by atoms with Gasteiger partial charge in [0.25, 0.3) is 0 Å². The topological polar surface area (TPSA) is 99.8 Å². The first kappa shape index (κ1) is 20.2. The average Bonchev–Trinajstić information content (AvgIpc) is 3.11. The number of aromatic carboxylic acids is 2. The van der Waals surface area contributed by atoms with E-state index in [1.807, 2.05) is 6.07 Å². The fourth-order valence-electron chi connectivity index (χ4n) is 2.53. The Balaban J connectivity index is 0.00000261. The van der Waals surface area contributed by atoms with Crippen molar-refractivity contribution >= 4 is 11.9 Å². The smallest absolute Gasteiger partial charge is 0.335 e. The Morgan fingerprint density at radius 3 is 2.22 bits per heavy atom. The van der Waals surface area contributed by atoms with Gasteiger partial charge in [-0.05, 0) is 42.0 Å². The first-order chi connectivity index (χ1) is 12.5. The van der Waals surface area contributed by atoms with Crippen LogP contribution in [0.5, 0.6) is 0 Å². The largest absolute Gasteiger partial charge is 1.00 e. The standard InChI is InChI=1S/C20H17NO5.ClH/c22-19(23)14-6-4-13(5-7-14)11-21-12-17-8-9-18(26-17)15-2-1-3-16(10-15)20(24)25;/h1-10,21H,11-12H2,(H,22,23)(H,24,25);1H/p-1. The molecular formula is C20H17ClNO5-.